The second-order valence-corrected chi connectivity index (χ2v) is 6.41. The van der Waals surface area contributed by atoms with Crippen molar-refractivity contribution in [2.45, 2.75) is 11.8 Å². The number of oxime groups is 1. The largest absolute Gasteiger partial charge is 0.411 e. The van der Waals surface area contributed by atoms with Gasteiger partial charge in [0.15, 0.2) is 5.13 Å². The fraction of sp³-hybridized carbons (Fsp3) is 0.0909. The molecule has 0 unspecified atom stereocenters. The summed E-state index contributed by atoms with van der Waals surface area (Å²) in [5.74, 6) is -1.95. The molecule has 0 amide bonds. The molecule has 2 rings (SSSR count). The van der Waals surface area contributed by atoms with Crippen LogP contribution in [-0.4, -0.2) is 24.3 Å². The number of nitrogens with zero attached hydrogens (tertiary/aromatic N) is 2. The lowest BCUT2D eigenvalue weighted by atomic mass is 10.3. The topological polar surface area (TPSA) is 91.7 Å². The van der Waals surface area contributed by atoms with Crippen molar-refractivity contribution in [1.82, 2.24) is 4.98 Å². The van der Waals surface area contributed by atoms with Gasteiger partial charge in [-0.3, -0.25) is 4.72 Å². The SMILES string of the molecule is CC(=NO)c1csc(NS(=O)(=O)c2cc(F)ccc2F)n1. The molecule has 0 saturated heterocycles. The van der Waals surface area contributed by atoms with Crippen LogP contribution in [0.1, 0.15) is 12.6 Å². The third-order valence-electron chi connectivity index (χ3n) is 2.43. The average molecular weight is 333 g/mol. The molecular formula is C11H9F2N3O3S2. The first kappa shape index (κ1) is 15.3. The molecule has 2 aromatic rings. The third-order valence-corrected chi connectivity index (χ3v) is 4.67. The summed E-state index contributed by atoms with van der Waals surface area (Å²) in [6.45, 7) is 1.47. The summed E-state index contributed by atoms with van der Waals surface area (Å²) in [5.41, 5.74) is 0.452. The molecule has 0 spiro atoms. The van der Waals surface area contributed by atoms with E-state index in [9.17, 15) is 17.2 Å². The Morgan fingerprint density at radius 1 is 1.43 bits per heavy atom. The van der Waals surface area contributed by atoms with E-state index in [1.807, 2.05) is 4.72 Å². The first-order valence-electron chi connectivity index (χ1n) is 5.46. The number of benzene rings is 1. The fourth-order valence-electron chi connectivity index (χ4n) is 1.39. The van der Waals surface area contributed by atoms with Crippen LogP contribution in [0.2, 0.25) is 0 Å². The lowest BCUT2D eigenvalue weighted by molar-refractivity contribution is 0.319. The molecule has 0 aliphatic carbocycles. The Bertz CT molecular complexity index is 803. The molecule has 0 aliphatic heterocycles. The van der Waals surface area contributed by atoms with Crippen LogP contribution >= 0.6 is 11.3 Å². The number of aromatic nitrogens is 1. The third kappa shape index (κ3) is 3.34. The maximum atomic E-state index is 13.5. The van der Waals surface area contributed by atoms with Crippen LogP contribution < -0.4 is 4.72 Å². The highest BCUT2D eigenvalue weighted by Crippen LogP contribution is 2.22. The summed E-state index contributed by atoms with van der Waals surface area (Å²) in [6.07, 6.45) is 0. The van der Waals surface area contributed by atoms with Crippen molar-refractivity contribution in [1.29, 1.82) is 0 Å². The van der Waals surface area contributed by atoms with Gasteiger partial charge in [0.05, 0.1) is 0 Å². The summed E-state index contributed by atoms with van der Waals surface area (Å²) >= 11 is 0.915. The van der Waals surface area contributed by atoms with Gasteiger partial charge in [-0.1, -0.05) is 5.16 Å². The van der Waals surface area contributed by atoms with E-state index in [4.69, 9.17) is 5.21 Å². The Morgan fingerprint density at radius 2 is 2.14 bits per heavy atom. The normalized spacial score (nSPS) is 12.4. The van der Waals surface area contributed by atoms with Crippen molar-refractivity contribution in [3.8, 4) is 0 Å². The number of rotatable bonds is 4. The zero-order valence-corrected chi connectivity index (χ0v) is 12.2. The number of anilines is 1. The van der Waals surface area contributed by atoms with Crippen LogP contribution in [0.15, 0.2) is 33.6 Å². The van der Waals surface area contributed by atoms with Gasteiger partial charge < -0.3 is 5.21 Å². The Kier molecular flexibility index (Phi) is 4.19. The van der Waals surface area contributed by atoms with Crippen LogP contribution in [0.5, 0.6) is 0 Å². The minimum absolute atomic E-state index is 0.0586. The molecule has 1 heterocycles. The van der Waals surface area contributed by atoms with Crippen LogP contribution in [0.3, 0.4) is 0 Å². The van der Waals surface area contributed by atoms with Crippen molar-refractivity contribution in [3.05, 3.63) is 40.9 Å². The quantitative estimate of drug-likeness (QED) is 0.511. The zero-order chi connectivity index (χ0) is 15.6. The molecule has 0 atom stereocenters. The van der Waals surface area contributed by atoms with Gasteiger partial charge in [-0.25, -0.2) is 22.2 Å². The van der Waals surface area contributed by atoms with E-state index in [-0.39, 0.29) is 16.5 Å². The van der Waals surface area contributed by atoms with Crippen molar-refractivity contribution < 1.29 is 22.4 Å². The van der Waals surface area contributed by atoms with E-state index in [0.29, 0.717) is 6.07 Å². The summed E-state index contributed by atoms with van der Waals surface area (Å²) in [4.78, 5) is 3.05. The highest BCUT2D eigenvalue weighted by atomic mass is 32.2. The molecular weight excluding hydrogens is 324 g/mol. The number of nitrogens with one attached hydrogen (secondary N) is 1. The van der Waals surface area contributed by atoms with E-state index in [2.05, 4.69) is 10.1 Å². The molecule has 112 valence electrons. The molecule has 6 nitrogen and oxygen atoms in total. The first-order valence-corrected chi connectivity index (χ1v) is 7.82. The second kappa shape index (κ2) is 5.74. The fourth-order valence-corrected chi connectivity index (χ4v) is 3.49. The van der Waals surface area contributed by atoms with Gasteiger partial charge in [0.2, 0.25) is 0 Å². The first-order chi connectivity index (χ1) is 9.83. The van der Waals surface area contributed by atoms with Crippen molar-refractivity contribution in [2.24, 2.45) is 5.16 Å². The number of thiazole rings is 1. The minimum atomic E-state index is -4.31. The number of hydrogen-bond acceptors (Lipinski definition) is 6. The lowest BCUT2D eigenvalue weighted by Gasteiger charge is -2.06. The van der Waals surface area contributed by atoms with Crippen LogP contribution in [0.4, 0.5) is 13.9 Å². The number of halogens is 2. The molecule has 21 heavy (non-hydrogen) atoms. The van der Waals surface area contributed by atoms with Gasteiger partial charge in [0.25, 0.3) is 10.0 Å². The van der Waals surface area contributed by atoms with Crippen molar-refractivity contribution in [2.75, 3.05) is 4.72 Å². The van der Waals surface area contributed by atoms with E-state index in [1.165, 1.54) is 12.3 Å². The maximum absolute atomic E-state index is 13.5. The minimum Gasteiger partial charge on any atom is -0.411 e. The van der Waals surface area contributed by atoms with Gasteiger partial charge in [0.1, 0.15) is 27.9 Å². The molecule has 10 heteroatoms. The highest BCUT2D eigenvalue weighted by molar-refractivity contribution is 7.93. The van der Waals surface area contributed by atoms with Crippen molar-refractivity contribution >= 4 is 32.2 Å². The van der Waals surface area contributed by atoms with Crippen LogP contribution in [0, 0.1) is 11.6 Å². The van der Waals surface area contributed by atoms with E-state index in [1.54, 1.807) is 0 Å². The average Bonchev–Trinajstić information content (AvgIpc) is 2.88. The van der Waals surface area contributed by atoms with Crippen LogP contribution in [0.25, 0.3) is 0 Å². The molecule has 0 saturated carbocycles. The molecule has 0 bridgehead atoms. The highest BCUT2D eigenvalue weighted by Gasteiger charge is 2.21. The predicted molar refractivity (Wildman–Crippen MR) is 73.3 cm³/mol. The smallest absolute Gasteiger partial charge is 0.266 e. The van der Waals surface area contributed by atoms with E-state index < -0.39 is 26.6 Å². The molecule has 0 fully saturated rings. The zero-order valence-electron chi connectivity index (χ0n) is 10.5. The number of hydrogen-bond donors (Lipinski definition) is 2. The Hall–Kier alpha value is -2.07. The maximum Gasteiger partial charge on any atom is 0.266 e. The standard InChI is InChI=1S/C11H9F2N3O3S2/c1-6(15-17)9-5-20-11(14-9)16-21(18,19)10-4-7(12)2-3-8(10)13/h2-5,17H,1H3,(H,14,16). The predicted octanol–water partition coefficient (Wildman–Crippen LogP) is 2.42. The van der Waals surface area contributed by atoms with Gasteiger partial charge in [0, 0.05) is 5.38 Å². The monoisotopic (exact) mass is 333 g/mol. The van der Waals surface area contributed by atoms with Gasteiger partial charge in [-0.2, -0.15) is 0 Å². The lowest BCUT2D eigenvalue weighted by Crippen LogP contribution is -2.15. The molecule has 0 aliphatic rings. The molecule has 1 aromatic heterocycles. The van der Waals surface area contributed by atoms with Crippen molar-refractivity contribution in [3.63, 3.8) is 0 Å². The number of sulfonamides is 1. The molecule has 1 aromatic carbocycles. The Balaban J connectivity index is 2.33. The van der Waals surface area contributed by atoms with Gasteiger partial charge in [-0.15, -0.1) is 11.3 Å². The van der Waals surface area contributed by atoms with Crippen LogP contribution in [-0.2, 0) is 10.0 Å². The summed E-state index contributed by atoms with van der Waals surface area (Å²) < 4.78 is 52.6. The van der Waals surface area contributed by atoms with E-state index >= 15 is 0 Å². The van der Waals surface area contributed by atoms with Gasteiger partial charge in [-0.05, 0) is 25.1 Å². The Morgan fingerprint density at radius 3 is 2.81 bits per heavy atom. The summed E-state index contributed by atoms with van der Waals surface area (Å²) in [5, 5.41) is 12.9. The Labute approximate surface area is 122 Å². The summed E-state index contributed by atoms with van der Waals surface area (Å²) in [6, 6.07) is 2.11. The second-order valence-electron chi connectivity index (χ2n) is 3.90. The molecule has 0 radical (unpaired) electrons. The summed E-state index contributed by atoms with van der Waals surface area (Å²) in [7, 11) is -4.31. The van der Waals surface area contributed by atoms with E-state index in [0.717, 1.165) is 23.5 Å². The molecule has 2 N–H and O–H groups in total. The van der Waals surface area contributed by atoms with Gasteiger partial charge >= 0.3 is 0 Å².